The number of likely N-dealkylation sites (tertiary alicyclic amines) is 1. The predicted octanol–water partition coefficient (Wildman–Crippen LogP) is 1.12. The fraction of sp³-hybridized carbons (Fsp3) is 0.462. The lowest BCUT2D eigenvalue weighted by molar-refractivity contribution is -0.127. The van der Waals surface area contributed by atoms with Gasteiger partial charge in [0.2, 0.25) is 5.91 Å². The van der Waals surface area contributed by atoms with E-state index in [4.69, 9.17) is 0 Å². The molecule has 19 heavy (non-hydrogen) atoms. The van der Waals surface area contributed by atoms with Crippen molar-refractivity contribution < 1.29 is 13.2 Å². The van der Waals surface area contributed by atoms with E-state index in [1.165, 1.54) is 0 Å². The number of carbonyl (C=O) groups is 1. The Morgan fingerprint density at radius 1 is 1.42 bits per heavy atom. The lowest BCUT2D eigenvalue weighted by Crippen LogP contribution is -2.30. The maximum atomic E-state index is 11.8. The van der Waals surface area contributed by atoms with Gasteiger partial charge in [0.05, 0.1) is 10.6 Å². The molecule has 1 atom stereocenters. The molecule has 0 radical (unpaired) electrons. The molecule has 1 N–H and O–H groups in total. The first-order chi connectivity index (χ1) is 8.94. The molecule has 104 valence electrons. The van der Waals surface area contributed by atoms with Crippen LogP contribution in [0.4, 0.5) is 5.69 Å². The molecule has 1 aromatic rings. The van der Waals surface area contributed by atoms with Gasteiger partial charge < -0.3 is 10.2 Å². The van der Waals surface area contributed by atoms with Gasteiger partial charge in [-0.25, -0.2) is 8.42 Å². The van der Waals surface area contributed by atoms with Crippen LogP contribution >= 0.6 is 0 Å². The smallest absolute Gasteiger partial charge is 0.244 e. The summed E-state index contributed by atoms with van der Waals surface area (Å²) in [7, 11) is -1.45. The van der Waals surface area contributed by atoms with Crippen LogP contribution in [0.5, 0.6) is 0 Å². The lowest BCUT2D eigenvalue weighted by atomic mass is 10.2. The van der Waals surface area contributed by atoms with Crippen molar-refractivity contribution in [2.45, 2.75) is 24.3 Å². The summed E-state index contributed by atoms with van der Waals surface area (Å²) in [5.74, 6) is 0.116. The van der Waals surface area contributed by atoms with Gasteiger partial charge in [-0.05, 0) is 24.6 Å². The predicted molar refractivity (Wildman–Crippen MR) is 73.8 cm³/mol. The van der Waals surface area contributed by atoms with Crippen molar-refractivity contribution in [3.8, 4) is 0 Å². The van der Waals surface area contributed by atoms with Gasteiger partial charge in [-0.15, -0.1) is 0 Å². The molecule has 1 unspecified atom stereocenters. The second-order valence-electron chi connectivity index (χ2n) is 4.68. The molecule has 6 heteroatoms. The quantitative estimate of drug-likeness (QED) is 0.899. The van der Waals surface area contributed by atoms with Crippen LogP contribution in [-0.4, -0.2) is 44.6 Å². The SMILES string of the molecule is CCS(=O)(=O)c1cccc(NC2CCN(C)C2=O)c1. The second-order valence-corrected chi connectivity index (χ2v) is 6.95. The molecule has 5 nitrogen and oxygen atoms in total. The minimum Gasteiger partial charge on any atom is -0.374 e. The molecule has 0 aliphatic carbocycles. The summed E-state index contributed by atoms with van der Waals surface area (Å²) in [4.78, 5) is 13.8. The second kappa shape index (κ2) is 5.21. The Labute approximate surface area is 113 Å². The third-order valence-corrected chi connectivity index (χ3v) is 5.07. The van der Waals surface area contributed by atoms with Gasteiger partial charge in [0.1, 0.15) is 6.04 Å². The first-order valence-electron chi connectivity index (χ1n) is 6.28. The third kappa shape index (κ3) is 2.89. The number of hydrogen-bond acceptors (Lipinski definition) is 4. The van der Waals surface area contributed by atoms with Crippen molar-refractivity contribution in [1.82, 2.24) is 4.90 Å². The molecule has 1 heterocycles. The fourth-order valence-corrected chi connectivity index (χ4v) is 3.03. The van der Waals surface area contributed by atoms with Crippen LogP contribution in [0.1, 0.15) is 13.3 Å². The zero-order valence-corrected chi connectivity index (χ0v) is 11.9. The molecule has 1 aromatic carbocycles. The number of amides is 1. The number of hydrogen-bond donors (Lipinski definition) is 1. The van der Waals surface area contributed by atoms with Crippen LogP contribution in [0.2, 0.25) is 0 Å². The number of nitrogens with one attached hydrogen (secondary N) is 1. The molecule has 1 aliphatic rings. The summed E-state index contributed by atoms with van der Waals surface area (Å²) in [6, 6.07) is 6.37. The highest BCUT2D eigenvalue weighted by atomic mass is 32.2. The Kier molecular flexibility index (Phi) is 3.80. The highest BCUT2D eigenvalue weighted by molar-refractivity contribution is 7.91. The molecule has 1 saturated heterocycles. The highest BCUT2D eigenvalue weighted by Gasteiger charge is 2.28. The zero-order valence-electron chi connectivity index (χ0n) is 11.1. The number of rotatable bonds is 4. The summed E-state index contributed by atoms with van der Waals surface area (Å²) in [5, 5.41) is 3.10. The topological polar surface area (TPSA) is 66.5 Å². The van der Waals surface area contributed by atoms with Gasteiger partial charge in [0.15, 0.2) is 9.84 Å². The standard InChI is InChI=1S/C13H18N2O3S/c1-3-19(17,18)11-6-4-5-10(9-11)14-12-7-8-15(2)13(12)16/h4-6,9,12,14H,3,7-8H2,1-2H3. The van der Waals surface area contributed by atoms with Gasteiger partial charge >= 0.3 is 0 Å². The van der Waals surface area contributed by atoms with E-state index in [1.807, 2.05) is 0 Å². The van der Waals surface area contributed by atoms with Gasteiger partial charge in [-0.2, -0.15) is 0 Å². The van der Waals surface area contributed by atoms with Crippen molar-refractivity contribution in [3.05, 3.63) is 24.3 Å². The molecule has 2 rings (SSSR count). The number of nitrogens with zero attached hydrogens (tertiary/aromatic N) is 1. The van der Waals surface area contributed by atoms with Crippen molar-refractivity contribution in [3.63, 3.8) is 0 Å². The van der Waals surface area contributed by atoms with Crippen molar-refractivity contribution in [1.29, 1.82) is 0 Å². The largest absolute Gasteiger partial charge is 0.374 e. The first-order valence-corrected chi connectivity index (χ1v) is 7.93. The van der Waals surface area contributed by atoms with Gasteiger partial charge in [-0.1, -0.05) is 13.0 Å². The van der Waals surface area contributed by atoms with Gasteiger partial charge in [0, 0.05) is 19.3 Å². The van der Waals surface area contributed by atoms with Crippen LogP contribution in [0.3, 0.4) is 0 Å². The summed E-state index contributed by atoms with van der Waals surface area (Å²) >= 11 is 0. The average molecular weight is 282 g/mol. The van der Waals surface area contributed by atoms with Crippen molar-refractivity contribution in [2.75, 3.05) is 24.7 Å². The maximum absolute atomic E-state index is 11.8. The summed E-state index contributed by atoms with van der Waals surface area (Å²) < 4.78 is 23.6. The van der Waals surface area contributed by atoms with Gasteiger partial charge in [0.25, 0.3) is 0 Å². The van der Waals surface area contributed by atoms with Crippen molar-refractivity contribution >= 4 is 21.4 Å². The van der Waals surface area contributed by atoms with E-state index in [0.29, 0.717) is 10.6 Å². The summed E-state index contributed by atoms with van der Waals surface area (Å²) in [6.45, 7) is 2.34. The number of sulfone groups is 1. The number of likely N-dealkylation sites (N-methyl/N-ethyl adjacent to an activating group) is 1. The molecule has 0 aromatic heterocycles. The first kappa shape index (κ1) is 13.9. The molecule has 1 aliphatic heterocycles. The van der Waals surface area contributed by atoms with E-state index >= 15 is 0 Å². The Bertz CT molecular complexity index is 583. The van der Waals surface area contributed by atoms with E-state index in [-0.39, 0.29) is 17.7 Å². The minimum atomic E-state index is -3.21. The van der Waals surface area contributed by atoms with E-state index in [1.54, 1.807) is 43.1 Å². The molecule has 1 fully saturated rings. The number of carbonyl (C=O) groups excluding carboxylic acids is 1. The Hall–Kier alpha value is -1.56. The Morgan fingerprint density at radius 3 is 2.74 bits per heavy atom. The highest BCUT2D eigenvalue weighted by Crippen LogP contribution is 2.20. The average Bonchev–Trinajstić information content (AvgIpc) is 2.71. The van der Waals surface area contributed by atoms with Crippen LogP contribution in [0, 0.1) is 0 Å². The van der Waals surface area contributed by atoms with E-state index < -0.39 is 9.84 Å². The maximum Gasteiger partial charge on any atom is 0.244 e. The van der Waals surface area contributed by atoms with E-state index in [0.717, 1.165) is 13.0 Å². The molecular formula is C13H18N2O3S. The molecule has 0 bridgehead atoms. The summed E-state index contributed by atoms with van der Waals surface area (Å²) in [5.41, 5.74) is 0.670. The van der Waals surface area contributed by atoms with Crippen LogP contribution in [0.25, 0.3) is 0 Å². The van der Waals surface area contributed by atoms with Crippen molar-refractivity contribution in [2.24, 2.45) is 0 Å². The summed E-state index contributed by atoms with van der Waals surface area (Å²) in [6.07, 6.45) is 0.736. The fourth-order valence-electron chi connectivity index (χ4n) is 2.10. The van der Waals surface area contributed by atoms with Crippen LogP contribution < -0.4 is 5.32 Å². The van der Waals surface area contributed by atoms with Gasteiger partial charge in [-0.3, -0.25) is 4.79 Å². The molecule has 0 saturated carbocycles. The third-order valence-electron chi connectivity index (χ3n) is 3.34. The minimum absolute atomic E-state index is 0.0451. The number of anilines is 1. The normalized spacial score (nSPS) is 19.8. The van der Waals surface area contributed by atoms with Crippen LogP contribution in [-0.2, 0) is 14.6 Å². The van der Waals surface area contributed by atoms with Crippen LogP contribution in [0.15, 0.2) is 29.2 Å². The monoisotopic (exact) mass is 282 g/mol. The molecular weight excluding hydrogens is 264 g/mol. The lowest BCUT2D eigenvalue weighted by Gasteiger charge is -2.14. The Balaban J connectivity index is 2.19. The van der Waals surface area contributed by atoms with E-state index in [2.05, 4.69) is 5.32 Å². The molecule has 1 amide bonds. The van der Waals surface area contributed by atoms with E-state index in [9.17, 15) is 13.2 Å². The Morgan fingerprint density at radius 2 is 2.16 bits per heavy atom. The zero-order chi connectivity index (χ0) is 14.0. The molecule has 0 spiro atoms. The number of benzene rings is 1.